The third-order valence-electron chi connectivity index (χ3n) is 2.95. The smallest absolute Gasteiger partial charge is 0.0635 e. The van der Waals surface area contributed by atoms with Gasteiger partial charge in [0.15, 0.2) is 0 Å². The van der Waals surface area contributed by atoms with Crippen molar-refractivity contribution in [3.8, 4) is 6.07 Å². The molecule has 0 aromatic heterocycles. The lowest BCUT2D eigenvalue weighted by molar-refractivity contribution is 0.0646. The van der Waals surface area contributed by atoms with Gasteiger partial charge >= 0.3 is 0 Å². The predicted molar refractivity (Wildman–Crippen MR) is 59.5 cm³/mol. The molecule has 2 unspecified atom stereocenters. The van der Waals surface area contributed by atoms with Crippen LogP contribution in [-0.4, -0.2) is 50.3 Å². The lowest BCUT2D eigenvalue weighted by Crippen LogP contribution is -2.45. The fourth-order valence-corrected chi connectivity index (χ4v) is 1.81. The topological polar surface area (TPSA) is 48.3 Å². The summed E-state index contributed by atoms with van der Waals surface area (Å²) >= 11 is 0. The van der Waals surface area contributed by atoms with Crippen LogP contribution in [-0.2, 0) is 4.74 Å². The van der Waals surface area contributed by atoms with Gasteiger partial charge in [0.2, 0.25) is 0 Å². The minimum Gasteiger partial charge on any atom is -0.379 e. The Balaban J connectivity index is 2.21. The minimum atomic E-state index is 0.471. The summed E-state index contributed by atoms with van der Waals surface area (Å²) in [6, 6.07) is 3.14. The van der Waals surface area contributed by atoms with Gasteiger partial charge in [-0.05, 0) is 20.4 Å². The van der Waals surface area contributed by atoms with Gasteiger partial charge in [0.05, 0.1) is 19.3 Å². The van der Waals surface area contributed by atoms with Crippen LogP contribution in [0.4, 0.5) is 0 Å². The molecule has 15 heavy (non-hydrogen) atoms. The number of ether oxygens (including phenoxy) is 1. The molecule has 1 fully saturated rings. The zero-order chi connectivity index (χ0) is 11.1. The van der Waals surface area contributed by atoms with Gasteiger partial charge in [-0.1, -0.05) is 0 Å². The second-order valence-electron chi connectivity index (χ2n) is 4.20. The van der Waals surface area contributed by atoms with Crippen LogP contribution < -0.4 is 5.32 Å². The van der Waals surface area contributed by atoms with Crippen molar-refractivity contribution in [1.82, 2.24) is 10.2 Å². The first-order chi connectivity index (χ1) is 7.24. The summed E-state index contributed by atoms with van der Waals surface area (Å²) in [5.74, 6) is 0. The van der Waals surface area contributed by atoms with Crippen molar-refractivity contribution in [3.63, 3.8) is 0 Å². The van der Waals surface area contributed by atoms with Crippen molar-refractivity contribution >= 4 is 0 Å². The molecule has 1 aliphatic heterocycles. The van der Waals surface area contributed by atoms with Crippen molar-refractivity contribution in [1.29, 1.82) is 5.26 Å². The second-order valence-corrected chi connectivity index (χ2v) is 4.20. The molecule has 0 radical (unpaired) electrons. The Bertz CT molecular complexity index is 208. The van der Waals surface area contributed by atoms with E-state index in [9.17, 15) is 0 Å². The Labute approximate surface area is 92.2 Å². The van der Waals surface area contributed by atoms with Crippen molar-refractivity contribution in [3.05, 3.63) is 0 Å². The molecule has 0 amide bonds. The van der Waals surface area contributed by atoms with Gasteiger partial charge in [-0.2, -0.15) is 5.26 Å². The maximum absolute atomic E-state index is 8.51. The van der Waals surface area contributed by atoms with E-state index in [0.717, 1.165) is 32.7 Å². The third kappa shape index (κ3) is 4.61. The highest BCUT2D eigenvalue weighted by Gasteiger charge is 2.18. The maximum atomic E-state index is 8.51. The largest absolute Gasteiger partial charge is 0.379 e. The van der Waals surface area contributed by atoms with E-state index >= 15 is 0 Å². The van der Waals surface area contributed by atoms with E-state index in [1.807, 2.05) is 0 Å². The molecule has 1 N–H and O–H groups in total. The number of morpholine rings is 1. The van der Waals surface area contributed by atoms with Crippen LogP contribution in [0.25, 0.3) is 0 Å². The van der Waals surface area contributed by atoms with Gasteiger partial charge in [0, 0.05) is 31.6 Å². The molecule has 1 rings (SSSR count). The van der Waals surface area contributed by atoms with Gasteiger partial charge < -0.3 is 15.0 Å². The molecule has 0 aromatic carbocycles. The number of rotatable bonds is 5. The number of nitriles is 1. The number of hydrogen-bond donors (Lipinski definition) is 1. The van der Waals surface area contributed by atoms with Crippen LogP contribution in [0.1, 0.15) is 19.8 Å². The molecule has 0 saturated carbocycles. The fraction of sp³-hybridized carbons (Fsp3) is 0.909. The van der Waals surface area contributed by atoms with Crippen LogP contribution in [0, 0.1) is 11.3 Å². The lowest BCUT2D eigenvalue weighted by atomic mass is 10.1. The molecule has 4 nitrogen and oxygen atoms in total. The van der Waals surface area contributed by atoms with Crippen molar-refractivity contribution in [2.45, 2.75) is 31.8 Å². The molecular formula is C11H21N3O. The van der Waals surface area contributed by atoms with Gasteiger partial charge in [0.1, 0.15) is 0 Å². The molecule has 0 aromatic rings. The van der Waals surface area contributed by atoms with Crippen LogP contribution in [0.5, 0.6) is 0 Å². The first-order valence-corrected chi connectivity index (χ1v) is 5.62. The summed E-state index contributed by atoms with van der Waals surface area (Å²) in [7, 11) is 2.08. The van der Waals surface area contributed by atoms with Gasteiger partial charge in [0.25, 0.3) is 0 Å². The highest BCUT2D eigenvalue weighted by atomic mass is 16.5. The van der Waals surface area contributed by atoms with E-state index in [0.29, 0.717) is 18.5 Å². The summed E-state index contributed by atoms with van der Waals surface area (Å²) < 4.78 is 5.41. The quantitative estimate of drug-likeness (QED) is 0.723. The first kappa shape index (κ1) is 12.4. The number of nitrogens with zero attached hydrogens (tertiary/aromatic N) is 2. The third-order valence-corrected chi connectivity index (χ3v) is 2.95. The summed E-state index contributed by atoms with van der Waals surface area (Å²) in [6.07, 6.45) is 1.69. The van der Waals surface area contributed by atoms with Crippen molar-refractivity contribution in [2.24, 2.45) is 0 Å². The zero-order valence-corrected chi connectivity index (χ0v) is 9.70. The van der Waals surface area contributed by atoms with Crippen LogP contribution in [0.15, 0.2) is 0 Å². The van der Waals surface area contributed by atoms with Crippen LogP contribution in [0.2, 0.25) is 0 Å². The highest BCUT2D eigenvalue weighted by molar-refractivity contribution is 4.78. The van der Waals surface area contributed by atoms with Gasteiger partial charge in [-0.3, -0.25) is 0 Å². The monoisotopic (exact) mass is 211 g/mol. The zero-order valence-electron chi connectivity index (χ0n) is 9.70. The van der Waals surface area contributed by atoms with Gasteiger partial charge in [-0.25, -0.2) is 0 Å². The maximum Gasteiger partial charge on any atom is 0.0635 e. The molecule has 1 heterocycles. The molecule has 1 saturated heterocycles. The summed E-state index contributed by atoms with van der Waals surface area (Å²) in [5.41, 5.74) is 0. The number of hydrogen-bond acceptors (Lipinski definition) is 4. The molecule has 4 heteroatoms. The molecular weight excluding hydrogens is 190 g/mol. The molecule has 0 aliphatic carbocycles. The average Bonchev–Trinajstić information content (AvgIpc) is 2.27. The predicted octanol–water partition coefficient (Wildman–Crippen LogP) is 0.599. The first-order valence-electron chi connectivity index (χ1n) is 5.62. The van der Waals surface area contributed by atoms with Crippen LogP contribution >= 0.6 is 0 Å². The minimum absolute atomic E-state index is 0.471. The van der Waals surface area contributed by atoms with E-state index in [2.05, 4.69) is 30.3 Å². The summed E-state index contributed by atoms with van der Waals surface area (Å²) in [6.45, 7) is 5.66. The summed E-state index contributed by atoms with van der Waals surface area (Å²) in [5, 5.41) is 12.0. The van der Waals surface area contributed by atoms with Crippen molar-refractivity contribution < 1.29 is 4.74 Å². The normalized spacial score (nSPS) is 23.7. The van der Waals surface area contributed by atoms with E-state index in [1.165, 1.54) is 0 Å². The Hall–Kier alpha value is -0.630. The molecule has 1 aliphatic rings. The van der Waals surface area contributed by atoms with Crippen molar-refractivity contribution in [2.75, 3.05) is 33.4 Å². The van der Waals surface area contributed by atoms with E-state index in [1.54, 1.807) is 0 Å². The lowest BCUT2D eigenvalue weighted by Gasteiger charge is -2.30. The summed E-state index contributed by atoms with van der Waals surface area (Å²) in [4.78, 5) is 2.24. The Kier molecular flexibility index (Phi) is 5.62. The van der Waals surface area contributed by atoms with E-state index in [4.69, 9.17) is 10.00 Å². The fourth-order valence-electron chi connectivity index (χ4n) is 1.81. The SMILES string of the molecule is CC(CC1COCCN1)N(C)CCC#N. The second kappa shape index (κ2) is 6.78. The molecule has 86 valence electrons. The molecule has 0 bridgehead atoms. The Morgan fingerprint density at radius 2 is 2.47 bits per heavy atom. The highest BCUT2D eigenvalue weighted by Crippen LogP contribution is 2.07. The Morgan fingerprint density at radius 3 is 3.07 bits per heavy atom. The average molecular weight is 211 g/mol. The van der Waals surface area contributed by atoms with E-state index in [-0.39, 0.29) is 0 Å². The molecule has 2 atom stereocenters. The standard InChI is InChI=1S/C11H21N3O/c1-10(14(2)6-3-4-12)8-11-9-15-7-5-13-11/h10-11,13H,3,5-9H2,1-2H3. The Morgan fingerprint density at radius 1 is 1.67 bits per heavy atom. The van der Waals surface area contributed by atoms with Gasteiger partial charge in [-0.15, -0.1) is 0 Å². The van der Waals surface area contributed by atoms with Crippen LogP contribution in [0.3, 0.4) is 0 Å². The molecule has 0 spiro atoms. The van der Waals surface area contributed by atoms with E-state index < -0.39 is 0 Å². The number of nitrogens with one attached hydrogen (secondary N) is 1.